The summed E-state index contributed by atoms with van der Waals surface area (Å²) in [5.74, 6) is -0.185. The average Bonchev–Trinajstić information content (AvgIpc) is 2.07. The molecular formula is C8H9BrCl2N2O2S. The molecule has 16 heavy (non-hydrogen) atoms. The molecule has 0 aromatic heterocycles. The van der Waals surface area contributed by atoms with E-state index in [2.05, 4.69) is 21.2 Å². The molecule has 0 atom stereocenters. The Morgan fingerprint density at radius 2 is 1.81 bits per heavy atom. The molecule has 3 N–H and O–H groups in total. The summed E-state index contributed by atoms with van der Waals surface area (Å²) in [5, 5.41) is 8.50. The Kier molecular flexibility index (Phi) is 4.88. The largest absolute Gasteiger partial charge is 0.382 e. The molecule has 0 saturated heterocycles. The van der Waals surface area contributed by atoms with Gasteiger partial charge >= 0.3 is 0 Å². The second-order valence-electron chi connectivity index (χ2n) is 3.04. The summed E-state index contributed by atoms with van der Waals surface area (Å²) >= 11 is 15.1. The van der Waals surface area contributed by atoms with Crippen molar-refractivity contribution in [1.29, 1.82) is 0 Å². The van der Waals surface area contributed by atoms with Gasteiger partial charge in [0.25, 0.3) is 0 Å². The number of hydrogen-bond donors (Lipinski definition) is 2. The SMILES string of the molecule is NS(=O)(=O)CCNc1c(Cl)cc(Br)cc1Cl. The van der Waals surface area contributed by atoms with E-state index in [0.717, 1.165) is 4.47 Å². The predicted octanol–water partition coefficient (Wildman–Crippen LogP) is 2.46. The first kappa shape index (κ1) is 14.1. The van der Waals surface area contributed by atoms with Gasteiger partial charge in [0, 0.05) is 11.0 Å². The van der Waals surface area contributed by atoms with Crippen LogP contribution in [0.3, 0.4) is 0 Å². The van der Waals surface area contributed by atoms with Crippen LogP contribution in [0.15, 0.2) is 16.6 Å². The number of hydrogen-bond acceptors (Lipinski definition) is 3. The minimum Gasteiger partial charge on any atom is -0.382 e. The topological polar surface area (TPSA) is 72.2 Å². The van der Waals surface area contributed by atoms with Gasteiger partial charge in [-0.2, -0.15) is 0 Å². The molecule has 1 rings (SSSR count). The zero-order valence-corrected chi connectivity index (χ0v) is 11.9. The quantitative estimate of drug-likeness (QED) is 0.878. The number of anilines is 1. The molecule has 4 nitrogen and oxygen atoms in total. The maximum Gasteiger partial charge on any atom is 0.210 e. The Balaban J connectivity index is 2.75. The predicted molar refractivity (Wildman–Crippen MR) is 70.6 cm³/mol. The van der Waals surface area contributed by atoms with Gasteiger partial charge in [-0.1, -0.05) is 39.1 Å². The van der Waals surface area contributed by atoms with E-state index >= 15 is 0 Å². The van der Waals surface area contributed by atoms with Crippen LogP contribution >= 0.6 is 39.1 Å². The van der Waals surface area contributed by atoms with E-state index in [1.807, 2.05) is 0 Å². The van der Waals surface area contributed by atoms with E-state index in [-0.39, 0.29) is 12.3 Å². The number of primary sulfonamides is 1. The fraction of sp³-hybridized carbons (Fsp3) is 0.250. The van der Waals surface area contributed by atoms with E-state index in [1.165, 1.54) is 0 Å². The third-order valence-corrected chi connectivity index (χ3v) is 3.52. The molecule has 8 heteroatoms. The van der Waals surface area contributed by atoms with E-state index in [9.17, 15) is 8.42 Å². The molecule has 0 bridgehead atoms. The van der Waals surface area contributed by atoms with Crippen molar-refractivity contribution in [3.8, 4) is 0 Å². The zero-order valence-electron chi connectivity index (χ0n) is 8.00. The fourth-order valence-electron chi connectivity index (χ4n) is 1.03. The van der Waals surface area contributed by atoms with Crippen molar-refractivity contribution in [2.45, 2.75) is 0 Å². The molecule has 0 fully saturated rings. The van der Waals surface area contributed by atoms with Crippen LogP contribution in [0, 0.1) is 0 Å². The van der Waals surface area contributed by atoms with Gasteiger partial charge in [-0.3, -0.25) is 0 Å². The normalized spacial score (nSPS) is 11.5. The molecule has 1 aromatic rings. The first-order chi connectivity index (χ1) is 7.29. The van der Waals surface area contributed by atoms with Crippen molar-refractivity contribution in [2.75, 3.05) is 17.6 Å². The lowest BCUT2D eigenvalue weighted by Crippen LogP contribution is -2.22. The van der Waals surface area contributed by atoms with Gasteiger partial charge < -0.3 is 5.32 Å². The molecule has 0 unspecified atom stereocenters. The summed E-state index contributed by atoms with van der Waals surface area (Å²) < 4.78 is 22.2. The average molecular weight is 348 g/mol. The van der Waals surface area contributed by atoms with Crippen LogP contribution in [0.4, 0.5) is 5.69 Å². The highest BCUT2D eigenvalue weighted by atomic mass is 79.9. The van der Waals surface area contributed by atoms with Crippen LogP contribution in [0.5, 0.6) is 0 Å². The number of rotatable bonds is 4. The molecule has 0 aliphatic carbocycles. The maximum atomic E-state index is 10.7. The van der Waals surface area contributed by atoms with Crippen LogP contribution < -0.4 is 10.5 Å². The van der Waals surface area contributed by atoms with Crippen molar-refractivity contribution in [1.82, 2.24) is 0 Å². The third-order valence-electron chi connectivity index (χ3n) is 1.70. The summed E-state index contributed by atoms with van der Waals surface area (Å²) in [7, 11) is -3.49. The molecule has 0 spiro atoms. The maximum absolute atomic E-state index is 10.7. The summed E-state index contributed by atoms with van der Waals surface area (Å²) in [6, 6.07) is 3.32. The first-order valence-corrected chi connectivity index (χ1v) is 7.45. The fourth-order valence-corrected chi connectivity index (χ4v) is 2.76. The molecule has 0 aliphatic heterocycles. The lowest BCUT2D eigenvalue weighted by Gasteiger charge is -2.10. The van der Waals surface area contributed by atoms with E-state index in [1.54, 1.807) is 12.1 Å². The van der Waals surface area contributed by atoms with Crippen LogP contribution in [0.2, 0.25) is 10.0 Å². The van der Waals surface area contributed by atoms with Gasteiger partial charge in [-0.15, -0.1) is 0 Å². The Hall–Kier alpha value is -0.0100. The Bertz CT molecular complexity index is 470. The van der Waals surface area contributed by atoms with Gasteiger partial charge in [0.05, 0.1) is 21.5 Å². The summed E-state index contributed by atoms with van der Waals surface area (Å²) in [6.45, 7) is 0.153. The number of halogens is 3. The smallest absolute Gasteiger partial charge is 0.210 e. The minimum atomic E-state index is -3.49. The van der Waals surface area contributed by atoms with Crippen molar-refractivity contribution in [3.63, 3.8) is 0 Å². The molecule has 0 saturated carbocycles. The monoisotopic (exact) mass is 346 g/mol. The molecular weight excluding hydrogens is 339 g/mol. The minimum absolute atomic E-state index is 0.153. The van der Waals surface area contributed by atoms with Crippen molar-refractivity contribution >= 4 is 54.8 Å². The molecule has 1 aromatic carbocycles. The van der Waals surface area contributed by atoms with Crippen LogP contribution in [-0.4, -0.2) is 20.7 Å². The zero-order chi connectivity index (χ0) is 12.3. The van der Waals surface area contributed by atoms with Gasteiger partial charge in [0.15, 0.2) is 0 Å². The Morgan fingerprint density at radius 3 is 2.25 bits per heavy atom. The number of sulfonamides is 1. The molecule has 0 heterocycles. The Morgan fingerprint density at radius 1 is 1.31 bits per heavy atom. The lowest BCUT2D eigenvalue weighted by molar-refractivity contribution is 0.598. The second kappa shape index (κ2) is 5.55. The van der Waals surface area contributed by atoms with Gasteiger partial charge in [0.1, 0.15) is 0 Å². The Labute approximate surface area is 112 Å². The molecule has 90 valence electrons. The van der Waals surface area contributed by atoms with Crippen LogP contribution in [0.1, 0.15) is 0 Å². The highest BCUT2D eigenvalue weighted by Gasteiger charge is 2.08. The van der Waals surface area contributed by atoms with Gasteiger partial charge in [-0.25, -0.2) is 13.6 Å². The third kappa shape index (κ3) is 4.47. The highest BCUT2D eigenvalue weighted by Crippen LogP contribution is 2.33. The van der Waals surface area contributed by atoms with Crippen molar-refractivity contribution < 1.29 is 8.42 Å². The van der Waals surface area contributed by atoms with Gasteiger partial charge in [-0.05, 0) is 12.1 Å². The molecule has 0 radical (unpaired) electrons. The van der Waals surface area contributed by atoms with E-state index < -0.39 is 10.0 Å². The van der Waals surface area contributed by atoms with Crippen LogP contribution in [-0.2, 0) is 10.0 Å². The molecule has 0 aliphatic rings. The summed E-state index contributed by atoms with van der Waals surface area (Å²) in [5.41, 5.74) is 0.496. The van der Waals surface area contributed by atoms with Crippen LogP contribution in [0.25, 0.3) is 0 Å². The number of nitrogens with two attached hydrogens (primary N) is 1. The standard InChI is InChI=1S/C8H9BrCl2N2O2S/c9-5-3-6(10)8(7(11)4-5)13-1-2-16(12,14)15/h3-4,13H,1-2H2,(H2,12,14,15). The van der Waals surface area contributed by atoms with Gasteiger partial charge in [0.2, 0.25) is 10.0 Å². The van der Waals surface area contributed by atoms with E-state index in [4.69, 9.17) is 28.3 Å². The lowest BCUT2D eigenvalue weighted by atomic mass is 10.3. The first-order valence-electron chi connectivity index (χ1n) is 4.18. The van der Waals surface area contributed by atoms with Crippen molar-refractivity contribution in [2.24, 2.45) is 5.14 Å². The number of nitrogens with one attached hydrogen (secondary N) is 1. The second-order valence-corrected chi connectivity index (χ2v) is 6.50. The van der Waals surface area contributed by atoms with E-state index in [0.29, 0.717) is 15.7 Å². The van der Waals surface area contributed by atoms with Crippen molar-refractivity contribution in [3.05, 3.63) is 26.7 Å². The highest BCUT2D eigenvalue weighted by molar-refractivity contribution is 9.10. The molecule has 0 amide bonds. The summed E-state index contributed by atoms with van der Waals surface area (Å²) in [6.07, 6.45) is 0. The summed E-state index contributed by atoms with van der Waals surface area (Å²) in [4.78, 5) is 0. The number of benzene rings is 1.